The first-order chi connectivity index (χ1) is 14.5. The average molecular weight is 424 g/mol. The maximum Gasteiger partial charge on any atom is 0.246 e. The highest BCUT2D eigenvalue weighted by atomic mass is 32.2. The van der Waals surface area contributed by atoms with Crippen LogP contribution in [0.15, 0.2) is 47.8 Å². The number of nitrogens with zero attached hydrogens (tertiary/aromatic N) is 4. The van der Waals surface area contributed by atoms with Gasteiger partial charge in [0.05, 0.1) is 17.1 Å². The Bertz CT molecular complexity index is 1230. The van der Waals surface area contributed by atoms with E-state index in [9.17, 15) is 8.42 Å². The molecule has 0 bridgehead atoms. The minimum Gasteiger partial charge on any atom is -0.454 e. The van der Waals surface area contributed by atoms with Gasteiger partial charge in [0.2, 0.25) is 21.8 Å². The number of aromatic nitrogens is 3. The van der Waals surface area contributed by atoms with Crippen molar-refractivity contribution in [1.82, 2.24) is 19.9 Å². The summed E-state index contributed by atoms with van der Waals surface area (Å²) in [6.07, 6.45) is 3.44. The Labute approximate surface area is 174 Å². The monoisotopic (exact) mass is 424 g/mol. The zero-order chi connectivity index (χ0) is 20.7. The van der Waals surface area contributed by atoms with E-state index >= 15 is 0 Å². The van der Waals surface area contributed by atoms with Gasteiger partial charge in [0.25, 0.3) is 0 Å². The minimum atomic E-state index is -3.40. The van der Waals surface area contributed by atoms with Crippen molar-refractivity contribution in [3.05, 3.63) is 59.5 Å². The number of benzene rings is 1. The molecular formula is C21H20N4O4S. The van der Waals surface area contributed by atoms with Crippen molar-refractivity contribution in [2.75, 3.05) is 19.6 Å². The molecule has 0 unspecified atom stereocenters. The van der Waals surface area contributed by atoms with Gasteiger partial charge in [-0.3, -0.25) is 9.88 Å². The average Bonchev–Trinajstić information content (AvgIpc) is 3.21. The van der Waals surface area contributed by atoms with Crippen molar-refractivity contribution in [2.45, 2.75) is 24.7 Å². The van der Waals surface area contributed by atoms with Crippen LogP contribution >= 0.6 is 0 Å². The smallest absolute Gasteiger partial charge is 0.246 e. The molecule has 0 aliphatic carbocycles. The summed E-state index contributed by atoms with van der Waals surface area (Å²) in [5.41, 5.74) is 4.59. The van der Waals surface area contributed by atoms with E-state index < -0.39 is 9.84 Å². The fraction of sp³-hybridized carbons (Fsp3) is 0.286. The van der Waals surface area contributed by atoms with Crippen LogP contribution in [0.25, 0.3) is 11.3 Å². The molecule has 0 spiro atoms. The molecule has 5 rings (SSSR count). The zero-order valence-electron chi connectivity index (χ0n) is 16.4. The molecule has 2 aliphatic rings. The lowest BCUT2D eigenvalue weighted by Crippen LogP contribution is -2.31. The SMILES string of the molecule is CS(=O)(=O)c1ncc2c(n1)CCN(Cc1cccc(-c3ccc4c(c3)OCO4)n1)C2. The highest BCUT2D eigenvalue weighted by Gasteiger charge is 2.21. The van der Waals surface area contributed by atoms with E-state index in [0.717, 1.165) is 52.5 Å². The van der Waals surface area contributed by atoms with E-state index in [-0.39, 0.29) is 11.9 Å². The highest BCUT2D eigenvalue weighted by molar-refractivity contribution is 7.90. The van der Waals surface area contributed by atoms with Crippen LogP contribution in [0.5, 0.6) is 11.5 Å². The second kappa shape index (κ2) is 7.33. The molecule has 0 radical (unpaired) electrons. The highest BCUT2D eigenvalue weighted by Crippen LogP contribution is 2.35. The van der Waals surface area contributed by atoms with E-state index in [0.29, 0.717) is 19.5 Å². The summed E-state index contributed by atoms with van der Waals surface area (Å²) in [5, 5.41) is -0.104. The van der Waals surface area contributed by atoms with Crippen LogP contribution in [0.3, 0.4) is 0 Å². The predicted octanol–water partition coefficient (Wildman–Crippen LogP) is 2.23. The first-order valence-corrected chi connectivity index (χ1v) is 11.5. The molecule has 4 heterocycles. The lowest BCUT2D eigenvalue weighted by atomic mass is 10.1. The summed E-state index contributed by atoms with van der Waals surface area (Å²) < 4.78 is 34.2. The fourth-order valence-corrected chi connectivity index (χ4v) is 4.20. The predicted molar refractivity (Wildman–Crippen MR) is 109 cm³/mol. The molecule has 0 saturated heterocycles. The van der Waals surface area contributed by atoms with E-state index in [1.807, 2.05) is 36.4 Å². The Kier molecular flexibility index (Phi) is 4.63. The molecule has 0 amide bonds. The first kappa shape index (κ1) is 19.0. The molecule has 0 atom stereocenters. The third kappa shape index (κ3) is 3.73. The van der Waals surface area contributed by atoms with Gasteiger partial charge in [-0.1, -0.05) is 6.07 Å². The maximum atomic E-state index is 11.7. The molecule has 2 aromatic heterocycles. The van der Waals surface area contributed by atoms with Gasteiger partial charge in [0, 0.05) is 49.6 Å². The van der Waals surface area contributed by atoms with Crippen LogP contribution < -0.4 is 9.47 Å². The molecule has 0 fully saturated rings. The molecular weight excluding hydrogens is 404 g/mol. The van der Waals surface area contributed by atoms with Gasteiger partial charge in [0.1, 0.15) is 0 Å². The molecule has 0 N–H and O–H groups in total. The van der Waals surface area contributed by atoms with Crippen molar-refractivity contribution >= 4 is 9.84 Å². The summed E-state index contributed by atoms with van der Waals surface area (Å²) in [6.45, 7) is 2.38. The topological polar surface area (TPSA) is 94.5 Å². The van der Waals surface area contributed by atoms with Gasteiger partial charge < -0.3 is 9.47 Å². The van der Waals surface area contributed by atoms with Crippen molar-refractivity contribution < 1.29 is 17.9 Å². The number of hydrogen-bond acceptors (Lipinski definition) is 8. The number of rotatable bonds is 4. The quantitative estimate of drug-likeness (QED) is 0.589. The van der Waals surface area contributed by atoms with Crippen molar-refractivity contribution in [3.63, 3.8) is 0 Å². The van der Waals surface area contributed by atoms with Gasteiger partial charge in [0.15, 0.2) is 11.5 Å². The largest absolute Gasteiger partial charge is 0.454 e. The summed E-state index contributed by atoms with van der Waals surface area (Å²) in [4.78, 5) is 15.3. The Hall–Kier alpha value is -3.04. The molecule has 0 saturated carbocycles. The first-order valence-electron chi connectivity index (χ1n) is 9.59. The fourth-order valence-electron chi connectivity index (χ4n) is 3.68. The second-order valence-corrected chi connectivity index (χ2v) is 9.35. The lowest BCUT2D eigenvalue weighted by molar-refractivity contribution is 0.174. The molecule has 2 aliphatic heterocycles. The van der Waals surface area contributed by atoms with E-state index in [1.54, 1.807) is 6.20 Å². The van der Waals surface area contributed by atoms with Crippen LogP contribution in [0.4, 0.5) is 0 Å². The van der Waals surface area contributed by atoms with Crippen molar-refractivity contribution in [2.24, 2.45) is 0 Å². The van der Waals surface area contributed by atoms with Gasteiger partial charge in [-0.15, -0.1) is 0 Å². The maximum absolute atomic E-state index is 11.7. The third-order valence-electron chi connectivity index (χ3n) is 5.18. The summed E-state index contributed by atoms with van der Waals surface area (Å²) in [6, 6.07) is 11.8. The van der Waals surface area contributed by atoms with Crippen molar-refractivity contribution in [3.8, 4) is 22.8 Å². The molecule has 30 heavy (non-hydrogen) atoms. The number of pyridine rings is 1. The van der Waals surface area contributed by atoms with E-state index in [1.165, 1.54) is 0 Å². The number of hydrogen-bond donors (Lipinski definition) is 0. The second-order valence-electron chi connectivity index (χ2n) is 7.44. The van der Waals surface area contributed by atoms with E-state index in [2.05, 4.69) is 14.9 Å². The van der Waals surface area contributed by atoms with Crippen LogP contribution in [-0.2, 0) is 29.3 Å². The minimum absolute atomic E-state index is 0.104. The van der Waals surface area contributed by atoms with Crippen LogP contribution in [-0.4, -0.2) is 47.9 Å². The van der Waals surface area contributed by atoms with Gasteiger partial charge >= 0.3 is 0 Å². The molecule has 3 aromatic rings. The number of sulfone groups is 1. The Balaban J connectivity index is 1.33. The van der Waals surface area contributed by atoms with Gasteiger partial charge in [-0.2, -0.15) is 0 Å². The molecule has 9 heteroatoms. The summed E-state index contributed by atoms with van der Waals surface area (Å²) in [5.74, 6) is 1.49. The Morgan fingerprint density at radius 1 is 1.10 bits per heavy atom. The summed E-state index contributed by atoms with van der Waals surface area (Å²) in [7, 11) is -3.40. The van der Waals surface area contributed by atoms with Gasteiger partial charge in [-0.05, 0) is 30.3 Å². The van der Waals surface area contributed by atoms with Gasteiger partial charge in [-0.25, -0.2) is 18.4 Å². The molecule has 1 aromatic carbocycles. The molecule has 8 nitrogen and oxygen atoms in total. The van der Waals surface area contributed by atoms with Crippen LogP contribution in [0, 0.1) is 0 Å². The zero-order valence-corrected chi connectivity index (χ0v) is 17.2. The number of fused-ring (bicyclic) bond motifs is 2. The molecule has 154 valence electrons. The lowest BCUT2D eigenvalue weighted by Gasteiger charge is -2.27. The standard InChI is InChI=1S/C21H20N4O4S/c1-30(26,27)21-22-10-15-11-25(8-7-18(15)24-21)12-16-3-2-4-17(23-16)14-5-6-19-20(9-14)29-13-28-19/h2-6,9-10H,7-8,11-13H2,1H3. The summed E-state index contributed by atoms with van der Waals surface area (Å²) >= 11 is 0. The number of ether oxygens (including phenoxy) is 2. The Morgan fingerprint density at radius 3 is 2.83 bits per heavy atom. The normalized spacial score (nSPS) is 15.8. The van der Waals surface area contributed by atoms with Crippen molar-refractivity contribution in [1.29, 1.82) is 0 Å². The third-order valence-corrected chi connectivity index (χ3v) is 6.04. The van der Waals surface area contributed by atoms with Crippen LogP contribution in [0.2, 0.25) is 0 Å². The van der Waals surface area contributed by atoms with E-state index in [4.69, 9.17) is 14.5 Å². The van der Waals surface area contributed by atoms with Crippen LogP contribution in [0.1, 0.15) is 17.0 Å². The Morgan fingerprint density at radius 2 is 1.97 bits per heavy atom.